The van der Waals surface area contributed by atoms with E-state index in [-0.39, 0.29) is 0 Å². The minimum Gasteiger partial charge on any atom is -0.382 e. The first-order valence-corrected chi connectivity index (χ1v) is 9.89. The number of benzene rings is 1. The molecule has 1 aromatic heterocycles. The summed E-state index contributed by atoms with van der Waals surface area (Å²) in [6.45, 7) is 7.44. The van der Waals surface area contributed by atoms with E-state index >= 15 is 0 Å². The van der Waals surface area contributed by atoms with Crippen LogP contribution in [0.1, 0.15) is 36.1 Å². The number of aliphatic imine (C=N–C) groups is 1. The van der Waals surface area contributed by atoms with Gasteiger partial charge >= 0.3 is 0 Å². The van der Waals surface area contributed by atoms with Crippen molar-refractivity contribution in [2.24, 2.45) is 4.99 Å². The fourth-order valence-electron chi connectivity index (χ4n) is 3.08. The predicted octanol–water partition coefficient (Wildman–Crippen LogP) is 3.04. The molecule has 0 aliphatic heterocycles. The highest BCUT2D eigenvalue weighted by molar-refractivity contribution is 5.79. The third kappa shape index (κ3) is 5.85. The lowest BCUT2D eigenvalue weighted by atomic mass is 10.1. The van der Waals surface area contributed by atoms with Crippen molar-refractivity contribution in [2.45, 2.75) is 32.6 Å². The Bertz CT molecular complexity index is 872. The van der Waals surface area contributed by atoms with Gasteiger partial charge < -0.3 is 16.0 Å². The fraction of sp³-hybridized carbons (Fsp3) is 0.409. The summed E-state index contributed by atoms with van der Waals surface area (Å²) in [5, 5.41) is 17.5. The molecule has 1 heterocycles. The summed E-state index contributed by atoms with van der Waals surface area (Å²) in [5.41, 5.74) is 9.38. The largest absolute Gasteiger partial charge is 0.382 e. The standard InChI is InChI=1S/C22H31N7/c1-5-6-7-15-28(4)22(25-3)26-14-8-9-20-19(16-23)21(24)29(27-20)18-12-10-17(2)11-13-18/h5,10-13H,1,6-9,14-15,24H2,2-4H3,(H,25,26). The van der Waals surface area contributed by atoms with Crippen molar-refractivity contribution in [3.05, 3.63) is 53.7 Å². The number of nitrogen functional groups attached to an aromatic ring is 1. The number of nitrogens with zero attached hydrogens (tertiary/aromatic N) is 5. The molecule has 0 unspecified atom stereocenters. The molecule has 1 aromatic carbocycles. The average molecular weight is 394 g/mol. The summed E-state index contributed by atoms with van der Waals surface area (Å²) in [5.74, 6) is 1.25. The molecule has 0 radical (unpaired) electrons. The van der Waals surface area contributed by atoms with Crippen LogP contribution < -0.4 is 11.1 Å². The molecule has 0 bridgehead atoms. The summed E-state index contributed by atoms with van der Waals surface area (Å²) in [6.07, 6.45) is 5.44. The van der Waals surface area contributed by atoms with Crippen LogP contribution in [0.25, 0.3) is 5.69 Å². The molecule has 7 heteroatoms. The lowest BCUT2D eigenvalue weighted by Gasteiger charge is -2.21. The molecular weight excluding hydrogens is 362 g/mol. The quantitative estimate of drug-likeness (QED) is 0.295. The number of hydrogen-bond donors (Lipinski definition) is 2. The fourth-order valence-corrected chi connectivity index (χ4v) is 3.08. The molecule has 0 spiro atoms. The Labute approximate surface area is 173 Å². The van der Waals surface area contributed by atoms with E-state index in [9.17, 15) is 5.26 Å². The third-order valence-corrected chi connectivity index (χ3v) is 4.73. The number of nitriles is 1. The topological polar surface area (TPSA) is 95.3 Å². The molecule has 2 rings (SSSR count). The maximum absolute atomic E-state index is 9.53. The van der Waals surface area contributed by atoms with Crippen molar-refractivity contribution in [1.29, 1.82) is 5.26 Å². The first-order valence-electron chi connectivity index (χ1n) is 9.89. The highest BCUT2D eigenvalue weighted by Crippen LogP contribution is 2.21. The van der Waals surface area contributed by atoms with Crippen LogP contribution in [-0.4, -0.2) is 47.8 Å². The average Bonchev–Trinajstić information content (AvgIpc) is 3.04. The van der Waals surface area contributed by atoms with Gasteiger partial charge in [0.1, 0.15) is 17.5 Å². The van der Waals surface area contributed by atoms with Crippen LogP contribution in [0.2, 0.25) is 0 Å². The maximum Gasteiger partial charge on any atom is 0.193 e. The van der Waals surface area contributed by atoms with E-state index in [0.29, 0.717) is 17.8 Å². The van der Waals surface area contributed by atoms with Crippen molar-refractivity contribution < 1.29 is 0 Å². The number of aryl methyl sites for hydroxylation is 2. The van der Waals surface area contributed by atoms with Crippen molar-refractivity contribution in [1.82, 2.24) is 20.0 Å². The van der Waals surface area contributed by atoms with Crippen LogP contribution in [0.5, 0.6) is 0 Å². The first-order chi connectivity index (χ1) is 14.0. The van der Waals surface area contributed by atoms with Crippen LogP contribution >= 0.6 is 0 Å². The summed E-state index contributed by atoms with van der Waals surface area (Å²) in [7, 11) is 3.81. The summed E-state index contributed by atoms with van der Waals surface area (Å²) >= 11 is 0. The van der Waals surface area contributed by atoms with Crippen LogP contribution in [-0.2, 0) is 6.42 Å². The van der Waals surface area contributed by atoms with E-state index < -0.39 is 0 Å². The molecule has 0 aliphatic rings. The minimum atomic E-state index is 0.386. The van der Waals surface area contributed by atoms with E-state index in [1.54, 1.807) is 11.7 Å². The van der Waals surface area contributed by atoms with Crippen LogP contribution in [0.4, 0.5) is 5.82 Å². The molecule has 0 saturated carbocycles. The number of anilines is 1. The SMILES string of the molecule is C=CCCCN(C)C(=NC)NCCCc1nn(-c2ccc(C)cc2)c(N)c1C#N. The predicted molar refractivity (Wildman–Crippen MR) is 119 cm³/mol. The van der Waals surface area contributed by atoms with Crippen molar-refractivity contribution in [3.63, 3.8) is 0 Å². The summed E-state index contributed by atoms with van der Waals surface area (Å²) < 4.78 is 1.65. The lowest BCUT2D eigenvalue weighted by molar-refractivity contribution is 0.469. The molecule has 0 aliphatic carbocycles. The number of nitrogens with one attached hydrogen (secondary N) is 1. The Morgan fingerprint density at radius 2 is 2.10 bits per heavy atom. The number of allylic oxidation sites excluding steroid dienone is 1. The van der Waals surface area contributed by atoms with E-state index in [1.807, 2.05) is 44.3 Å². The molecular formula is C22H31N7. The Hall–Kier alpha value is -3.27. The van der Waals surface area contributed by atoms with Gasteiger partial charge in [-0.2, -0.15) is 10.4 Å². The molecule has 29 heavy (non-hydrogen) atoms. The molecule has 0 atom stereocenters. The second-order valence-electron chi connectivity index (χ2n) is 7.00. The summed E-state index contributed by atoms with van der Waals surface area (Å²) in [6, 6.07) is 10.1. The van der Waals surface area contributed by atoms with Crippen molar-refractivity contribution in [3.8, 4) is 11.8 Å². The molecule has 2 aromatic rings. The van der Waals surface area contributed by atoms with E-state index in [2.05, 4.69) is 33.0 Å². The van der Waals surface area contributed by atoms with Crippen molar-refractivity contribution >= 4 is 11.8 Å². The Morgan fingerprint density at radius 3 is 2.72 bits per heavy atom. The van der Waals surface area contributed by atoms with Gasteiger partial charge in [0.15, 0.2) is 5.96 Å². The van der Waals surface area contributed by atoms with E-state index in [1.165, 1.54) is 0 Å². The van der Waals surface area contributed by atoms with Gasteiger partial charge in [-0.05, 0) is 44.7 Å². The number of aromatic nitrogens is 2. The number of nitrogens with two attached hydrogens (primary N) is 1. The van der Waals surface area contributed by atoms with Gasteiger partial charge in [-0.15, -0.1) is 6.58 Å². The van der Waals surface area contributed by atoms with Gasteiger partial charge in [0, 0.05) is 27.2 Å². The zero-order chi connectivity index (χ0) is 21.2. The second kappa shape index (κ2) is 10.9. The first kappa shape index (κ1) is 22.0. The van der Waals surface area contributed by atoms with Gasteiger partial charge in [0.25, 0.3) is 0 Å². The van der Waals surface area contributed by atoms with Gasteiger partial charge in [-0.25, -0.2) is 4.68 Å². The highest BCUT2D eigenvalue weighted by Gasteiger charge is 2.16. The zero-order valence-electron chi connectivity index (χ0n) is 17.6. The Kier molecular flexibility index (Phi) is 8.28. The number of unbranched alkanes of at least 4 members (excludes halogenated alkanes) is 1. The van der Waals surface area contributed by atoms with Crippen LogP contribution in [0, 0.1) is 18.3 Å². The van der Waals surface area contributed by atoms with Gasteiger partial charge in [0.05, 0.1) is 11.4 Å². The minimum absolute atomic E-state index is 0.386. The van der Waals surface area contributed by atoms with E-state index in [4.69, 9.17) is 5.73 Å². The van der Waals surface area contributed by atoms with Gasteiger partial charge in [0.2, 0.25) is 0 Å². The third-order valence-electron chi connectivity index (χ3n) is 4.73. The number of hydrogen-bond acceptors (Lipinski definition) is 4. The van der Waals surface area contributed by atoms with E-state index in [0.717, 1.165) is 55.3 Å². The van der Waals surface area contributed by atoms with Gasteiger partial charge in [-0.3, -0.25) is 4.99 Å². The highest BCUT2D eigenvalue weighted by atomic mass is 15.3. The Balaban J connectivity index is 1.97. The second-order valence-corrected chi connectivity index (χ2v) is 7.00. The molecule has 0 saturated heterocycles. The molecule has 0 amide bonds. The normalized spacial score (nSPS) is 11.2. The maximum atomic E-state index is 9.53. The Morgan fingerprint density at radius 1 is 1.38 bits per heavy atom. The number of rotatable bonds is 9. The zero-order valence-corrected chi connectivity index (χ0v) is 17.6. The lowest BCUT2D eigenvalue weighted by Crippen LogP contribution is -2.39. The smallest absolute Gasteiger partial charge is 0.193 e. The molecule has 7 nitrogen and oxygen atoms in total. The molecule has 0 fully saturated rings. The number of guanidine groups is 1. The summed E-state index contributed by atoms with van der Waals surface area (Å²) in [4.78, 5) is 6.43. The monoisotopic (exact) mass is 393 g/mol. The van der Waals surface area contributed by atoms with Crippen molar-refractivity contribution in [2.75, 3.05) is 32.9 Å². The molecule has 154 valence electrons. The molecule has 3 N–H and O–H groups in total. The van der Waals surface area contributed by atoms with Crippen LogP contribution in [0.15, 0.2) is 41.9 Å². The van der Waals surface area contributed by atoms with Gasteiger partial charge in [-0.1, -0.05) is 23.8 Å². The van der Waals surface area contributed by atoms with Crippen LogP contribution in [0.3, 0.4) is 0 Å².